The molecule has 1 unspecified atom stereocenters. The Labute approximate surface area is 108 Å². The zero-order valence-corrected chi connectivity index (χ0v) is 11.1. The van der Waals surface area contributed by atoms with Gasteiger partial charge in [0.25, 0.3) is 0 Å². The highest BCUT2D eigenvalue weighted by atomic mass is 16.6. The third kappa shape index (κ3) is 3.07. The van der Waals surface area contributed by atoms with Crippen LogP contribution in [0.4, 0.5) is 5.69 Å². The van der Waals surface area contributed by atoms with Gasteiger partial charge in [0.2, 0.25) is 0 Å². The minimum absolute atomic E-state index is 0.484. The average molecular weight is 250 g/mol. The van der Waals surface area contributed by atoms with Gasteiger partial charge in [-0.25, -0.2) is 0 Å². The number of benzene rings is 1. The molecule has 1 aromatic rings. The first-order valence-electron chi connectivity index (χ1n) is 6.54. The molecule has 0 aromatic heterocycles. The Morgan fingerprint density at radius 3 is 2.61 bits per heavy atom. The maximum Gasteiger partial charge on any atom is 0.163 e. The summed E-state index contributed by atoms with van der Waals surface area (Å²) in [5.41, 5.74) is 6.82. The predicted molar refractivity (Wildman–Crippen MR) is 73.3 cm³/mol. The first-order valence-corrected chi connectivity index (χ1v) is 6.54. The highest BCUT2D eigenvalue weighted by Crippen LogP contribution is 2.32. The molecule has 4 nitrogen and oxygen atoms in total. The van der Waals surface area contributed by atoms with Crippen molar-refractivity contribution in [1.82, 2.24) is 0 Å². The minimum Gasteiger partial charge on any atom is -0.486 e. The fourth-order valence-corrected chi connectivity index (χ4v) is 1.99. The second kappa shape index (κ2) is 5.96. The normalized spacial score (nSPS) is 15.6. The summed E-state index contributed by atoms with van der Waals surface area (Å²) in [6.45, 7) is 7.23. The van der Waals surface area contributed by atoms with Gasteiger partial charge in [-0.1, -0.05) is 13.8 Å². The van der Waals surface area contributed by atoms with E-state index in [0.29, 0.717) is 31.6 Å². The van der Waals surface area contributed by atoms with Gasteiger partial charge in [0.15, 0.2) is 11.5 Å². The van der Waals surface area contributed by atoms with E-state index in [2.05, 4.69) is 19.2 Å². The lowest BCUT2D eigenvalue weighted by atomic mass is 9.96. The van der Waals surface area contributed by atoms with E-state index in [1.165, 1.54) is 0 Å². The van der Waals surface area contributed by atoms with Gasteiger partial charge in [-0.2, -0.15) is 0 Å². The molecule has 0 saturated carbocycles. The molecule has 1 heterocycles. The van der Waals surface area contributed by atoms with Gasteiger partial charge < -0.3 is 20.5 Å². The number of hydrogen-bond donors (Lipinski definition) is 2. The molecular weight excluding hydrogens is 228 g/mol. The third-order valence-electron chi connectivity index (χ3n) is 3.36. The molecule has 0 amide bonds. The van der Waals surface area contributed by atoms with Crippen molar-refractivity contribution in [3.05, 3.63) is 18.2 Å². The molecule has 4 heteroatoms. The van der Waals surface area contributed by atoms with Crippen LogP contribution in [0.15, 0.2) is 18.2 Å². The summed E-state index contributed by atoms with van der Waals surface area (Å²) in [5.74, 6) is 2.71. The second-order valence-corrected chi connectivity index (χ2v) is 4.98. The van der Waals surface area contributed by atoms with Crippen molar-refractivity contribution < 1.29 is 9.47 Å². The van der Waals surface area contributed by atoms with Crippen LogP contribution in [-0.4, -0.2) is 26.3 Å². The molecule has 2 rings (SSSR count). The number of anilines is 1. The Morgan fingerprint density at radius 1 is 1.22 bits per heavy atom. The number of ether oxygens (including phenoxy) is 2. The number of nitrogens with one attached hydrogen (secondary N) is 1. The highest BCUT2D eigenvalue weighted by molar-refractivity contribution is 5.55. The number of nitrogens with two attached hydrogens (primary N) is 1. The fraction of sp³-hybridized carbons (Fsp3) is 0.571. The number of fused-ring (bicyclic) bond motifs is 1. The highest BCUT2D eigenvalue weighted by Gasteiger charge is 2.13. The summed E-state index contributed by atoms with van der Waals surface area (Å²) in [4.78, 5) is 0. The summed E-state index contributed by atoms with van der Waals surface area (Å²) in [5, 5.41) is 3.41. The van der Waals surface area contributed by atoms with Crippen LogP contribution >= 0.6 is 0 Å². The molecule has 3 N–H and O–H groups in total. The zero-order valence-electron chi connectivity index (χ0n) is 11.1. The van der Waals surface area contributed by atoms with Crippen molar-refractivity contribution in [1.29, 1.82) is 0 Å². The summed E-state index contributed by atoms with van der Waals surface area (Å²) < 4.78 is 11.0. The van der Waals surface area contributed by atoms with Gasteiger partial charge in [-0.05, 0) is 30.5 Å². The first-order chi connectivity index (χ1) is 8.70. The van der Waals surface area contributed by atoms with Crippen LogP contribution in [0.2, 0.25) is 0 Å². The monoisotopic (exact) mass is 250 g/mol. The van der Waals surface area contributed by atoms with E-state index in [1.807, 2.05) is 18.2 Å². The minimum atomic E-state index is 0.484. The summed E-state index contributed by atoms with van der Waals surface area (Å²) in [6, 6.07) is 5.95. The van der Waals surface area contributed by atoms with Crippen molar-refractivity contribution >= 4 is 5.69 Å². The molecular formula is C14H22N2O2. The molecule has 0 aliphatic carbocycles. The van der Waals surface area contributed by atoms with Gasteiger partial charge in [0.1, 0.15) is 13.2 Å². The zero-order chi connectivity index (χ0) is 13.0. The van der Waals surface area contributed by atoms with Crippen molar-refractivity contribution in [2.24, 2.45) is 17.6 Å². The van der Waals surface area contributed by atoms with Crippen molar-refractivity contribution in [2.75, 3.05) is 31.6 Å². The third-order valence-corrected chi connectivity index (χ3v) is 3.36. The van der Waals surface area contributed by atoms with Gasteiger partial charge in [0.05, 0.1) is 0 Å². The summed E-state index contributed by atoms with van der Waals surface area (Å²) in [7, 11) is 0. The lowest BCUT2D eigenvalue weighted by molar-refractivity contribution is 0.171. The van der Waals surface area contributed by atoms with E-state index in [0.717, 1.165) is 23.7 Å². The van der Waals surface area contributed by atoms with E-state index in [4.69, 9.17) is 15.2 Å². The molecule has 0 radical (unpaired) electrons. The van der Waals surface area contributed by atoms with Crippen molar-refractivity contribution in [3.8, 4) is 11.5 Å². The Kier molecular flexibility index (Phi) is 4.31. The van der Waals surface area contributed by atoms with Crippen LogP contribution in [0.25, 0.3) is 0 Å². The summed E-state index contributed by atoms with van der Waals surface area (Å²) >= 11 is 0. The van der Waals surface area contributed by atoms with Gasteiger partial charge in [0, 0.05) is 18.3 Å². The maximum absolute atomic E-state index is 5.76. The van der Waals surface area contributed by atoms with Crippen LogP contribution in [-0.2, 0) is 0 Å². The second-order valence-electron chi connectivity index (χ2n) is 4.98. The SMILES string of the molecule is CC(C)C(CN)CNc1ccc2c(c1)OCCO2. The largest absolute Gasteiger partial charge is 0.486 e. The van der Waals surface area contributed by atoms with Crippen LogP contribution in [0.1, 0.15) is 13.8 Å². The molecule has 0 saturated heterocycles. The van der Waals surface area contributed by atoms with Crippen LogP contribution in [0.5, 0.6) is 11.5 Å². The van der Waals surface area contributed by atoms with Crippen LogP contribution in [0, 0.1) is 11.8 Å². The summed E-state index contributed by atoms with van der Waals surface area (Å²) in [6.07, 6.45) is 0. The fourth-order valence-electron chi connectivity index (χ4n) is 1.99. The predicted octanol–water partition coefficient (Wildman–Crippen LogP) is 2.10. The van der Waals surface area contributed by atoms with Gasteiger partial charge in [-0.3, -0.25) is 0 Å². The van der Waals surface area contributed by atoms with E-state index in [-0.39, 0.29) is 0 Å². The van der Waals surface area contributed by atoms with Crippen molar-refractivity contribution in [2.45, 2.75) is 13.8 Å². The van der Waals surface area contributed by atoms with Crippen LogP contribution in [0.3, 0.4) is 0 Å². The molecule has 1 aliphatic rings. The van der Waals surface area contributed by atoms with Crippen LogP contribution < -0.4 is 20.5 Å². The Balaban J connectivity index is 1.97. The Bertz CT molecular complexity index is 393. The van der Waals surface area contributed by atoms with E-state index in [1.54, 1.807) is 0 Å². The standard InChI is InChI=1S/C14H22N2O2/c1-10(2)11(8-15)9-16-12-3-4-13-14(7-12)18-6-5-17-13/h3-4,7,10-11,16H,5-6,8-9,15H2,1-2H3. The lowest BCUT2D eigenvalue weighted by Gasteiger charge is -2.22. The molecule has 18 heavy (non-hydrogen) atoms. The van der Waals surface area contributed by atoms with Gasteiger partial charge in [-0.15, -0.1) is 0 Å². The van der Waals surface area contributed by atoms with E-state index >= 15 is 0 Å². The molecule has 1 aliphatic heterocycles. The average Bonchev–Trinajstić information content (AvgIpc) is 2.39. The molecule has 100 valence electrons. The quantitative estimate of drug-likeness (QED) is 0.840. The van der Waals surface area contributed by atoms with Crippen molar-refractivity contribution in [3.63, 3.8) is 0 Å². The Morgan fingerprint density at radius 2 is 1.94 bits per heavy atom. The number of rotatable bonds is 5. The molecule has 0 bridgehead atoms. The smallest absolute Gasteiger partial charge is 0.163 e. The molecule has 0 spiro atoms. The maximum atomic E-state index is 5.76. The number of hydrogen-bond acceptors (Lipinski definition) is 4. The molecule has 0 fully saturated rings. The van der Waals surface area contributed by atoms with E-state index < -0.39 is 0 Å². The topological polar surface area (TPSA) is 56.5 Å². The molecule has 1 aromatic carbocycles. The first kappa shape index (κ1) is 13.0. The molecule has 1 atom stereocenters. The lowest BCUT2D eigenvalue weighted by Crippen LogP contribution is -2.27. The van der Waals surface area contributed by atoms with Gasteiger partial charge >= 0.3 is 0 Å². The van der Waals surface area contributed by atoms with E-state index in [9.17, 15) is 0 Å². The Hall–Kier alpha value is -1.42.